The first-order valence-corrected chi connectivity index (χ1v) is 6.46. The van der Waals surface area contributed by atoms with Crippen molar-refractivity contribution in [2.75, 3.05) is 5.75 Å². The van der Waals surface area contributed by atoms with Gasteiger partial charge in [-0.05, 0) is 0 Å². The van der Waals surface area contributed by atoms with Gasteiger partial charge in [-0.3, -0.25) is 0 Å². The summed E-state index contributed by atoms with van der Waals surface area (Å²) in [5.74, 6) is -6.52. The molecule has 0 saturated heterocycles. The molecule has 7 nitrogen and oxygen atoms in total. The van der Waals surface area contributed by atoms with Crippen LogP contribution in [0, 0.1) is 0 Å². The first kappa shape index (κ1) is 18.2. The van der Waals surface area contributed by atoms with E-state index < -0.39 is 45.6 Å². The molecule has 1 aromatic heterocycles. The average Bonchev–Trinajstić information content (AvgIpc) is 2.75. The Hall–Kier alpha value is -1.83. The summed E-state index contributed by atoms with van der Waals surface area (Å²) < 4.78 is 115. The van der Waals surface area contributed by atoms with Gasteiger partial charge in [0, 0.05) is 0 Å². The van der Waals surface area contributed by atoms with E-state index in [9.17, 15) is 44.1 Å². The van der Waals surface area contributed by atoms with Crippen molar-refractivity contribution >= 4 is 16.1 Å². The van der Waals surface area contributed by atoms with Crippen molar-refractivity contribution in [1.29, 1.82) is 0 Å². The Balaban J connectivity index is 3.40. The topological polar surface area (TPSA) is 110 Å². The Labute approximate surface area is 117 Å². The number of hydrogen-bond donors (Lipinski definition) is 0. The molecule has 0 radical (unpaired) electrons. The number of aromatic nitrogens is 1. The number of ether oxygens (including phenoxy) is 1. The molecule has 0 N–H and O–H groups in total. The van der Waals surface area contributed by atoms with Crippen LogP contribution in [0.5, 0.6) is 0 Å². The number of esters is 1. The lowest BCUT2D eigenvalue weighted by Gasteiger charge is -2.36. The molecule has 0 saturated carbocycles. The number of nitrogens with zero attached hydrogens (tertiary/aromatic N) is 1. The molecule has 0 atom stereocenters. The molecule has 0 aromatic carbocycles. The highest BCUT2D eigenvalue weighted by molar-refractivity contribution is 7.85. The van der Waals surface area contributed by atoms with Gasteiger partial charge in [-0.25, -0.2) is 18.2 Å². The number of carbonyl (C=O) groups is 1. The van der Waals surface area contributed by atoms with Crippen molar-refractivity contribution in [3.63, 3.8) is 0 Å². The molecule has 0 fully saturated rings. The Morgan fingerprint density at radius 2 is 1.73 bits per heavy atom. The van der Waals surface area contributed by atoms with Crippen LogP contribution in [0.4, 0.5) is 26.3 Å². The molecule has 0 unspecified atom stereocenters. The van der Waals surface area contributed by atoms with E-state index in [-0.39, 0.29) is 0 Å². The number of hydrogen-bond acceptors (Lipinski definition) is 7. The molecule has 1 aromatic rings. The van der Waals surface area contributed by atoms with E-state index in [1.807, 2.05) is 0 Å². The highest BCUT2D eigenvalue weighted by Gasteiger charge is 2.75. The third-order valence-corrected chi connectivity index (χ3v) is 2.96. The van der Waals surface area contributed by atoms with E-state index in [2.05, 4.69) is 14.1 Å². The van der Waals surface area contributed by atoms with Gasteiger partial charge in [0.05, 0.1) is 22.1 Å². The van der Waals surface area contributed by atoms with Gasteiger partial charge in [-0.15, -0.1) is 0 Å². The SMILES string of the molecule is O=C(OC(CS(=O)(=O)[O-])(C(F)(F)F)C(F)(F)F)c1cnco1. The van der Waals surface area contributed by atoms with E-state index in [0.717, 1.165) is 0 Å². The van der Waals surface area contributed by atoms with E-state index in [0.29, 0.717) is 12.6 Å². The van der Waals surface area contributed by atoms with Gasteiger partial charge in [-0.2, -0.15) is 26.3 Å². The predicted octanol–water partition coefficient (Wildman–Crippen LogP) is 1.24. The van der Waals surface area contributed by atoms with Crippen molar-refractivity contribution < 1.29 is 53.3 Å². The Bertz CT molecular complexity index is 619. The Morgan fingerprint density at radius 3 is 2.05 bits per heavy atom. The van der Waals surface area contributed by atoms with Gasteiger partial charge in [0.2, 0.25) is 5.76 Å². The lowest BCUT2D eigenvalue weighted by molar-refractivity contribution is -0.356. The lowest BCUT2D eigenvalue weighted by Crippen LogP contribution is -2.63. The lowest BCUT2D eigenvalue weighted by atomic mass is 10.1. The van der Waals surface area contributed by atoms with Crippen LogP contribution in [0.15, 0.2) is 17.0 Å². The maximum absolute atomic E-state index is 12.8. The summed E-state index contributed by atoms with van der Waals surface area (Å²) in [4.78, 5) is 14.3. The number of alkyl halides is 6. The molecular formula is C8H4F6NO6S-. The molecule has 1 heterocycles. The van der Waals surface area contributed by atoms with Crippen LogP contribution in [0.3, 0.4) is 0 Å². The maximum atomic E-state index is 12.8. The summed E-state index contributed by atoms with van der Waals surface area (Å²) in [6.45, 7) is 0. The van der Waals surface area contributed by atoms with Gasteiger partial charge < -0.3 is 13.7 Å². The number of carbonyl (C=O) groups excluding carboxylic acids is 1. The van der Waals surface area contributed by atoms with Gasteiger partial charge in [0.15, 0.2) is 6.39 Å². The zero-order chi connectivity index (χ0) is 17.4. The molecule has 126 valence electrons. The van der Waals surface area contributed by atoms with Crippen LogP contribution in [0.1, 0.15) is 10.6 Å². The summed E-state index contributed by atoms with van der Waals surface area (Å²) in [7, 11) is -6.08. The number of rotatable bonds is 4. The highest BCUT2D eigenvalue weighted by atomic mass is 32.2. The zero-order valence-corrected chi connectivity index (χ0v) is 10.8. The van der Waals surface area contributed by atoms with Crippen LogP contribution in [-0.2, 0) is 14.9 Å². The van der Waals surface area contributed by atoms with Gasteiger partial charge in [0.25, 0.3) is 0 Å². The minimum atomic E-state index is -6.43. The normalized spacial score (nSPS) is 14.0. The second kappa shape index (κ2) is 5.42. The summed E-state index contributed by atoms with van der Waals surface area (Å²) >= 11 is 0. The first-order chi connectivity index (χ1) is 9.70. The molecular weight excluding hydrogens is 352 g/mol. The molecule has 0 bridgehead atoms. The number of halogens is 6. The van der Waals surface area contributed by atoms with Crippen LogP contribution in [-0.4, -0.2) is 47.6 Å². The monoisotopic (exact) mass is 356 g/mol. The van der Waals surface area contributed by atoms with Gasteiger partial charge >= 0.3 is 23.9 Å². The third-order valence-electron chi connectivity index (χ3n) is 2.20. The summed E-state index contributed by atoms with van der Waals surface area (Å²) in [5.41, 5.74) is -5.54. The largest absolute Gasteiger partial charge is 0.748 e. The molecule has 0 aliphatic heterocycles. The van der Waals surface area contributed by atoms with E-state index in [1.54, 1.807) is 0 Å². The second-order valence-corrected chi connectivity index (χ2v) is 5.18. The molecule has 0 amide bonds. The van der Waals surface area contributed by atoms with Crippen LogP contribution >= 0.6 is 0 Å². The maximum Gasteiger partial charge on any atom is 0.438 e. The van der Waals surface area contributed by atoms with Crippen LogP contribution in [0.25, 0.3) is 0 Å². The van der Waals surface area contributed by atoms with Crippen molar-refractivity contribution in [2.45, 2.75) is 18.0 Å². The fourth-order valence-corrected chi connectivity index (χ4v) is 2.13. The van der Waals surface area contributed by atoms with Crippen LogP contribution < -0.4 is 0 Å². The third kappa shape index (κ3) is 3.68. The molecule has 14 heteroatoms. The van der Waals surface area contributed by atoms with E-state index in [4.69, 9.17) is 0 Å². The molecule has 22 heavy (non-hydrogen) atoms. The predicted molar refractivity (Wildman–Crippen MR) is 51.3 cm³/mol. The number of oxazole rings is 1. The van der Waals surface area contributed by atoms with Crippen molar-refractivity contribution in [3.8, 4) is 0 Å². The molecule has 1 rings (SSSR count). The highest BCUT2D eigenvalue weighted by Crippen LogP contribution is 2.47. The van der Waals surface area contributed by atoms with Crippen LogP contribution in [0.2, 0.25) is 0 Å². The fourth-order valence-electron chi connectivity index (χ4n) is 1.24. The quantitative estimate of drug-likeness (QED) is 0.453. The molecule has 0 spiro atoms. The fraction of sp³-hybridized carbons (Fsp3) is 0.500. The Morgan fingerprint density at radius 1 is 1.23 bits per heavy atom. The zero-order valence-electron chi connectivity index (χ0n) is 9.93. The van der Waals surface area contributed by atoms with Crippen molar-refractivity contribution in [1.82, 2.24) is 4.98 Å². The summed E-state index contributed by atoms with van der Waals surface area (Å²) in [5, 5.41) is 0. The van der Waals surface area contributed by atoms with Gasteiger partial charge in [-0.1, -0.05) is 0 Å². The van der Waals surface area contributed by atoms with E-state index >= 15 is 0 Å². The first-order valence-electron chi connectivity index (χ1n) is 4.88. The smallest absolute Gasteiger partial charge is 0.438 e. The van der Waals surface area contributed by atoms with Crippen molar-refractivity contribution in [2.24, 2.45) is 0 Å². The molecule has 0 aliphatic rings. The summed E-state index contributed by atoms with van der Waals surface area (Å²) in [6.07, 6.45) is -11.9. The minimum absolute atomic E-state index is 0.436. The van der Waals surface area contributed by atoms with E-state index in [1.165, 1.54) is 0 Å². The standard InChI is InChI=1S/C8H5F6NO6S/c9-7(10,11)6(8(12,13)14,2-22(17,18)19)21-5(16)4-1-15-3-20-4/h1,3H,2H2,(H,17,18,19)/p-1. The second-order valence-electron chi connectivity index (χ2n) is 3.78. The van der Waals surface area contributed by atoms with Crippen molar-refractivity contribution in [3.05, 3.63) is 18.4 Å². The van der Waals surface area contributed by atoms with Gasteiger partial charge in [0.1, 0.15) is 0 Å². The summed E-state index contributed by atoms with van der Waals surface area (Å²) in [6, 6.07) is 0. The minimum Gasteiger partial charge on any atom is -0.748 e. The average molecular weight is 356 g/mol. The Kier molecular flexibility index (Phi) is 4.49. The molecule has 0 aliphatic carbocycles.